The minimum absolute atomic E-state index is 0.0310. The molecule has 2 amide bonds. The van der Waals surface area contributed by atoms with E-state index < -0.39 is 6.04 Å². The lowest BCUT2D eigenvalue weighted by molar-refractivity contribution is -0.117. The third kappa shape index (κ3) is 6.67. The zero-order valence-electron chi connectivity index (χ0n) is 17.6. The molecule has 3 rings (SSSR count). The van der Waals surface area contributed by atoms with Crippen molar-refractivity contribution in [2.75, 3.05) is 16.0 Å². The average molecular weight is 420 g/mol. The number of amides is 2. The van der Waals surface area contributed by atoms with Gasteiger partial charge in [0.1, 0.15) is 11.9 Å². The van der Waals surface area contributed by atoms with Crippen LogP contribution in [0.4, 0.5) is 21.5 Å². The summed E-state index contributed by atoms with van der Waals surface area (Å²) >= 11 is 0. The Kier molecular flexibility index (Phi) is 7.38. The van der Waals surface area contributed by atoms with E-state index in [0.29, 0.717) is 17.8 Å². The molecule has 0 aliphatic heterocycles. The molecule has 1 atom stereocenters. The van der Waals surface area contributed by atoms with Gasteiger partial charge in [-0.3, -0.25) is 9.59 Å². The van der Waals surface area contributed by atoms with Crippen molar-refractivity contribution in [2.24, 2.45) is 5.92 Å². The van der Waals surface area contributed by atoms with Crippen LogP contribution in [-0.2, 0) is 9.59 Å². The van der Waals surface area contributed by atoms with Crippen LogP contribution in [0.5, 0.6) is 0 Å². The molecule has 0 radical (unpaired) electrons. The summed E-state index contributed by atoms with van der Waals surface area (Å²) in [6.45, 7) is 3.99. The van der Waals surface area contributed by atoms with Gasteiger partial charge in [0, 0.05) is 23.5 Å². The molecule has 6 heteroatoms. The number of nitrogens with one attached hydrogen (secondary N) is 3. The van der Waals surface area contributed by atoms with Crippen molar-refractivity contribution in [2.45, 2.75) is 26.3 Å². The van der Waals surface area contributed by atoms with Gasteiger partial charge in [0.2, 0.25) is 5.91 Å². The summed E-state index contributed by atoms with van der Waals surface area (Å²) in [6.07, 6.45) is 0.458. The van der Waals surface area contributed by atoms with Crippen LogP contribution in [0.15, 0.2) is 78.9 Å². The minimum atomic E-state index is -0.660. The van der Waals surface area contributed by atoms with Crippen LogP contribution in [0.1, 0.15) is 31.9 Å². The lowest BCUT2D eigenvalue weighted by Crippen LogP contribution is -2.27. The number of hydrogen-bond acceptors (Lipinski definition) is 3. The predicted molar refractivity (Wildman–Crippen MR) is 122 cm³/mol. The van der Waals surface area contributed by atoms with Crippen LogP contribution in [0.3, 0.4) is 0 Å². The molecule has 0 fully saturated rings. The molecule has 0 saturated carbocycles. The second kappa shape index (κ2) is 10.4. The largest absolute Gasteiger partial charge is 0.370 e. The lowest BCUT2D eigenvalue weighted by Gasteiger charge is -2.20. The van der Waals surface area contributed by atoms with E-state index in [2.05, 4.69) is 16.0 Å². The van der Waals surface area contributed by atoms with E-state index in [-0.39, 0.29) is 23.5 Å². The Bertz CT molecular complexity index is 1000. The number of benzene rings is 3. The maximum absolute atomic E-state index is 13.2. The number of rotatable bonds is 8. The van der Waals surface area contributed by atoms with E-state index in [0.717, 1.165) is 11.3 Å². The highest BCUT2D eigenvalue weighted by Gasteiger charge is 2.20. The van der Waals surface area contributed by atoms with E-state index in [9.17, 15) is 14.0 Å². The molecule has 5 nitrogen and oxygen atoms in total. The molecule has 1 unspecified atom stereocenters. The highest BCUT2D eigenvalue weighted by molar-refractivity contribution is 5.97. The molecule has 0 heterocycles. The molecule has 0 bridgehead atoms. The van der Waals surface area contributed by atoms with Crippen LogP contribution in [0.2, 0.25) is 0 Å². The maximum atomic E-state index is 13.2. The van der Waals surface area contributed by atoms with Gasteiger partial charge in [-0.2, -0.15) is 0 Å². The second-order valence-electron chi connectivity index (χ2n) is 7.71. The predicted octanol–water partition coefficient (Wildman–Crippen LogP) is 5.60. The summed E-state index contributed by atoms with van der Waals surface area (Å²) < 4.78 is 13.2. The van der Waals surface area contributed by atoms with Crippen molar-refractivity contribution < 1.29 is 14.0 Å². The second-order valence-corrected chi connectivity index (χ2v) is 7.71. The highest BCUT2D eigenvalue weighted by Crippen LogP contribution is 2.23. The standard InChI is InChI=1S/C25H26FN3O2/c1-17(2)16-23(30)27-20-12-14-21(15-13-20)28-24(18-6-4-3-5-7-18)25(31)29-22-10-8-19(26)9-11-22/h3-15,17,24,28H,16H2,1-2H3,(H,27,30)(H,29,31). The highest BCUT2D eigenvalue weighted by atomic mass is 19.1. The fourth-order valence-corrected chi connectivity index (χ4v) is 3.09. The van der Waals surface area contributed by atoms with Crippen LogP contribution in [-0.4, -0.2) is 11.8 Å². The van der Waals surface area contributed by atoms with Gasteiger partial charge in [0.15, 0.2) is 0 Å². The van der Waals surface area contributed by atoms with E-state index >= 15 is 0 Å². The first-order valence-corrected chi connectivity index (χ1v) is 10.2. The zero-order valence-corrected chi connectivity index (χ0v) is 17.6. The first-order valence-electron chi connectivity index (χ1n) is 10.2. The molecule has 3 N–H and O–H groups in total. The molecule has 31 heavy (non-hydrogen) atoms. The van der Waals surface area contributed by atoms with Gasteiger partial charge < -0.3 is 16.0 Å². The normalized spacial score (nSPS) is 11.6. The van der Waals surface area contributed by atoms with Gasteiger partial charge in [-0.25, -0.2) is 4.39 Å². The van der Waals surface area contributed by atoms with E-state index in [1.165, 1.54) is 24.3 Å². The molecule has 0 saturated heterocycles. The molecule has 0 spiro atoms. The SMILES string of the molecule is CC(C)CC(=O)Nc1ccc(NC(C(=O)Nc2ccc(F)cc2)c2ccccc2)cc1. The Morgan fingerprint density at radius 2 is 1.32 bits per heavy atom. The lowest BCUT2D eigenvalue weighted by atomic mass is 10.1. The van der Waals surface area contributed by atoms with Gasteiger partial charge in [0.05, 0.1) is 0 Å². The van der Waals surface area contributed by atoms with Gasteiger partial charge in [-0.15, -0.1) is 0 Å². The third-order valence-corrected chi connectivity index (χ3v) is 4.58. The molecule has 0 aromatic heterocycles. The molecule has 0 aliphatic carbocycles. The van der Waals surface area contributed by atoms with E-state index in [1.54, 1.807) is 12.1 Å². The topological polar surface area (TPSA) is 70.2 Å². The van der Waals surface area contributed by atoms with Crippen molar-refractivity contribution >= 4 is 28.9 Å². The fraction of sp³-hybridized carbons (Fsp3) is 0.200. The molecule has 160 valence electrons. The number of carbonyl (C=O) groups is 2. The molecular weight excluding hydrogens is 393 g/mol. The summed E-state index contributed by atoms with van der Waals surface area (Å²) in [5.74, 6) is -0.382. The monoisotopic (exact) mass is 419 g/mol. The summed E-state index contributed by atoms with van der Waals surface area (Å²) in [5.41, 5.74) is 2.72. The van der Waals surface area contributed by atoms with Gasteiger partial charge in [-0.05, 0) is 60.0 Å². The minimum Gasteiger partial charge on any atom is -0.370 e. The van der Waals surface area contributed by atoms with Crippen molar-refractivity contribution in [1.29, 1.82) is 0 Å². The summed E-state index contributed by atoms with van der Waals surface area (Å²) in [4.78, 5) is 24.9. The van der Waals surface area contributed by atoms with Crippen molar-refractivity contribution in [3.05, 3.63) is 90.2 Å². The Morgan fingerprint density at radius 1 is 0.774 bits per heavy atom. The molecule has 0 aliphatic rings. The smallest absolute Gasteiger partial charge is 0.251 e. The fourth-order valence-electron chi connectivity index (χ4n) is 3.09. The van der Waals surface area contributed by atoms with E-state index in [4.69, 9.17) is 0 Å². The molecule has 3 aromatic carbocycles. The summed E-state index contributed by atoms with van der Waals surface area (Å²) in [5, 5.41) is 8.93. The van der Waals surface area contributed by atoms with Crippen LogP contribution < -0.4 is 16.0 Å². The number of carbonyl (C=O) groups excluding carboxylic acids is 2. The quantitative estimate of drug-likeness (QED) is 0.445. The van der Waals surface area contributed by atoms with Gasteiger partial charge >= 0.3 is 0 Å². The summed E-state index contributed by atoms with van der Waals surface area (Å²) in [7, 11) is 0. The third-order valence-electron chi connectivity index (χ3n) is 4.58. The van der Waals surface area contributed by atoms with Gasteiger partial charge in [-0.1, -0.05) is 44.2 Å². The Balaban J connectivity index is 1.73. The Morgan fingerprint density at radius 3 is 1.94 bits per heavy atom. The number of hydrogen-bond donors (Lipinski definition) is 3. The Labute approximate surface area is 181 Å². The molecule has 3 aromatic rings. The van der Waals surface area contributed by atoms with Crippen LogP contribution in [0, 0.1) is 11.7 Å². The maximum Gasteiger partial charge on any atom is 0.251 e. The molecular formula is C25H26FN3O2. The van der Waals surface area contributed by atoms with Crippen LogP contribution >= 0.6 is 0 Å². The van der Waals surface area contributed by atoms with E-state index in [1.807, 2.05) is 56.3 Å². The van der Waals surface area contributed by atoms with Crippen molar-refractivity contribution in [3.8, 4) is 0 Å². The average Bonchev–Trinajstić information content (AvgIpc) is 2.74. The number of anilines is 3. The first-order chi connectivity index (χ1) is 14.9. The summed E-state index contributed by atoms with van der Waals surface area (Å²) in [6, 6.07) is 21.5. The van der Waals surface area contributed by atoms with Crippen LogP contribution in [0.25, 0.3) is 0 Å². The van der Waals surface area contributed by atoms with Crippen molar-refractivity contribution in [3.63, 3.8) is 0 Å². The Hall–Kier alpha value is -3.67. The zero-order chi connectivity index (χ0) is 22.2. The number of halogens is 1. The van der Waals surface area contributed by atoms with Gasteiger partial charge in [0.25, 0.3) is 5.91 Å². The van der Waals surface area contributed by atoms with Crippen molar-refractivity contribution in [1.82, 2.24) is 0 Å². The first kappa shape index (κ1) is 22.0.